The van der Waals surface area contributed by atoms with Crippen molar-refractivity contribution in [3.63, 3.8) is 0 Å². The molecule has 1 amide bonds. The van der Waals surface area contributed by atoms with E-state index in [4.69, 9.17) is 26.2 Å². The van der Waals surface area contributed by atoms with E-state index in [0.717, 1.165) is 56.1 Å². The molecule has 14 heteroatoms. The molecule has 202 valence electrons. The van der Waals surface area contributed by atoms with E-state index in [1.54, 1.807) is 24.3 Å². The molecule has 1 aliphatic carbocycles. The van der Waals surface area contributed by atoms with Crippen LogP contribution in [0, 0.1) is 5.82 Å². The normalized spacial score (nSPS) is 18.4. The second-order valence-electron chi connectivity index (χ2n) is 8.49. The number of halogens is 5. The molecule has 0 spiro atoms. The molecule has 3 N–H and O–H groups in total. The lowest BCUT2D eigenvalue weighted by Gasteiger charge is -2.18. The van der Waals surface area contributed by atoms with Crippen LogP contribution in [0.25, 0.3) is 0 Å². The van der Waals surface area contributed by atoms with Crippen molar-refractivity contribution in [3.05, 3.63) is 58.9 Å². The number of carbonyl (C=O) groups excluding carboxylic acids is 1. The lowest BCUT2D eigenvalue weighted by atomic mass is 9.94. The number of carbonyl (C=O) groups is 2. The van der Waals surface area contributed by atoms with Crippen LogP contribution in [0.15, 0.2) is 47.4 Å². The molecule has 2 aromatic rings. The Morgan fingerprint density at radius 1 is 1.14 bits per heavy atom. The number of aliphatic carboxylic acids is 1. The van der Waals surface area contributed by atoms with Gasteiger partial charge in [0.1, 0.15) is 5.82 Å². The van der Waals surface area contributed by atoms with Gasteiger partial charge in [-0.1, -0.05) is 23.7 Å². The molecular weight excluding hydrogens is 544 g/mol. The average Bonchev–Trinajstić information content (AvgIpc) is 3.47. The fourth-order valence-electron chi connectivity index (χ4n) is 3.67. The van der Waals surface area contributed by atoms with Crippen molar-refractivity contribution in [2.24, 2.45) is 0 Å². The van der Waals surface area contributed by atoms with Crippen LogP contribution >= 0.6 is 11.6 Å². The second kappa shape index (κ2) is 11.2. The molecule has 1 aliphatic heterocycles. The van der Waals surface area contributed by atoms with Crippen LogP contribution in [0.2, 0.25) is 5.02 Å². The van der Waals surface area contributed by atoms with Gasteiger partial charge in [0, 0.05) is 18.8 Å². The van der Waals surface area contributed by atoms with Gasteiger partial charge in [-0.05, 0) is 61.6 Å². The van der Waals surface area contributed by atoms with Crippen molar-refractivity contribution in [1.29, 1.82) is 0 Å². The molecule has 2 fully saturated rings. The van der Waals surface area contributed by atoms with Crippen LogP contribution in [0.4, 0.5) is 23.2 Å². The molecule has 1 saturated heterocycles. The van der Waals surface area contributed by atoms with Gasteiger partial charge in [-0.3, -0.25) is 9.52 Å². The number of nitrogens with one attached hydrogen (secondary N) is 2. The van der Waals surface area contributed by atoms with Crippen LogP contribution < -0.4 is 10.0 Å². The summed E-state index contributed by atoms with van der Waals surface area (Å²) in [5.74, 6) is -3.47. The number of hydrogen-bond acceptors (Lipinski definition) is 5. The highest BCUT2D eigenvalue weighted by atomic mass is 35.5. The molecule has 1 saturated carbocycles. The zero-order valence-electron chi connectivity index (χ0n) is 19.1. The van der Waals surface area contributed by atoms with Crippen molar-refractivity contribution in [1.82, 2.24) is 5.32 Å². The number of carboxylic acid groups (broad SMARTS) is 1. The van der Waals surface area contributed by atoms with Gasteiger partial charge in [-0.15, -0.1) is 0 Å². The number of amides is 1. The van der Waals surface area contributed by atoms with Crippen LogP contribution in [0.5, 0.6) is 0 Å². The summed E-state index contributed by atoms with van der Waals surface area (Å²) in [7, 11) is -3.91. The fourth-order valence-corrected chi connectivity index (χ4v) is 5.00. The lowest BCUT2D eigenvalue weighted by molar-refractivity contribution is -0.192. The first kappa shape index (κ1) is 28.7. The maximum atomic E-state index is 13.3. The summed E-state index contributed by atoms with van der Waals surface area (Å²) < 4.78 is 78.0. The summed E-state index contributed by atoms with van der Waals surface area (Å²) in [5.41, 5.74) is 0.635. The van der Waals surface area contributed by atoms with E-state index in [2.05, 4.69) is 10.0 Å². The highest BCUT2D eigenvalue weighted by Crippen LogP contribution is 2.48. The summed E-state index contributed by atoms with van der Waals surface area (Å²) in [6.07, 6.45) is -1.51. The third-order valence-corrected chi connectivity index (χ3v) is 7.50. The van der Waals surface area contributed by atoms with Crippen molar-refractivity contribution < 1.29 is 45.4 Å². The molecule has 2 aliphatic rings. The van der Waals surface area contributed by atoms with Crippen LogP contribution in [-0.2, 0) is 29.8 Å². The Hall–Kier alpha value is -2.90. The minimum absolute atomic E-state index is 0.0210. The second-order valence-corrected chi connectivity index (χ2v) is 10.6. The first-order valence-electron chi connectivity index (χ1n) is 11.0. The number of benzene rings is 2. The Kier molecular flexibility index (Phi) is 8.70. The number of ether oxygens (including phenoxy) is 1. The standard InChI is InChI=1S/C21H22ClFN2O4S.C2HF3O2/c22-18-12-17(7-8-19(18)23)30(27,28)25-15-5-3-14(4-6-15)21(9-10-21)20(26)24-13-16-2-1-11-29-16;3-2(4,5)1(6)7/h3-8,12,16,25H,1-2,9-11,13H2,(H,24,26);(H,6,7). The van der Waals surface area contributed by atoms with Crippen molar-refractivity contribution >= 4 is 39.2 Å². The van der Waals surface area contributed by atoms with Crippen LogP contribution in [0.1, 0.15) is 31.2 Å². The molecule has 0 radical (unpaired) electrons. The number of anilines is 1. The molecular formula is C23H23ClF4N2O6S. The van der Waals surface area contributed by atoms with E-state index in [9.17, 15) is 30.8 Å². The van der Waals surface area contributed by atoms with Gasteiger partial charge in [-0.25, -0.2) is 17.6 Å². The van der Waals surface area contributed by atoms with Crippen molar-refractivity contribution in [2.45, 2.75) is 48.3 Å². The minimum Gasteiger partial charge on any atom is -0.475 e. The smallest absolute Gasteiger partial charge is 0.475 e. The van der Waals surface area contributed by atoms with Gasteiger partial charge < -0.3 is 15.2 Å². The molecule has 2 aromatic carbocycles. The molecule has 1 atom stereocenters. The summed E-state index contributed by atoms with van der Waals surface area (Å²) >= 11 is 5.68. The fraction of sp³-hybridized carbons (Fsp3) is 0.391. The Balaban J connectivity index is 0.000000479. The van der Waals surface area contributed by atoms with Gasteiger partial charge in [0.05, 0.1) is 21.4 Å². The summed E-state index contributed by atoms with van der Waals surface area (Å²) in [6.45, 7) is 1.26. The lowest BCUT2D eigenvalue weighted by Crippen LogP contribution is -2.39. The molecule has 4 rings (SSSR count). The zero-order valence-corrected chi connectivity index (χ0v) is 20.7. The van der Waals surface area contributed by atoms with E-state index in [0.29, 0.717) is 12.2 Å². The number of carboxylic acids is 1. The Bertz CT molecular complexity index is 1240. The SMILES string of the molecule is O=C(NCC1CCCO1)C1(c2ccc(NS(=O)(=O)c3ccc(F)c(Cl)c3)cc2)CC1.O=C(O)C(F)(F)F. The monoisotopic (exact) mass is 566 g/mol. The van der Waals surface area contributed by atoms with Gasteiger partial charge in [-0.2, -0.15) is 13.2 Å². The molecule has 1 unspecified atom stereocenters. The Morgan fingerprint density at radius 2 is 1.76 bits per heavy atom. The zero-order chi connectivity index (χ0) is 27.4. The highest BCUT2D eigenvalue weighted by molar-refractivity contribution is 7.92. The third kappa shape index (κ3) is 7.33. The Morgan fingerprint density at radius 3 is 2.24 bits per heavy atom. The van der Waals surface area contributed by atoms with E-state index >= 15 is 0 Å². The molecule has 1 heterocycles. The molecule has 8 nitrogen and oxygen atoms in total. The maximum Gasteiger partial charge on any atom is 0.490 e. The van der Waals surface area contributed by atoms with Gasteiger partial charge >= 0.3 is 12.1 Å². The van der Waals surface area contributed by atoms with E-state index in [-0.39, 0.29) is 21.9 Å². The van der Waals surface area contributed by atoms with Gasteiger partial charge in [0.15, 0.2) is 0 Å². The molecule has 37 heavy (non-hydrogen) atoms. The third-order valence-electron chi connectivity index (χ3n) is 5.83. The minimum atomic E-state index is -5.08. The van der Waals surface area contributed by atoms with E-state index in [1.165, 1.54) is 0 Å². The Labute approximate surface area is 215 Å². The molecule has 0 bridgehead atoms. The van der Waals surface area contributed by atoms with Crippen molar-refractivity contribution in [3.8, 4) is 0 Å². The first-order chi connectivity index (χ1) is 17.2. The van der Waals surface area contributed by atoms with E-state index in [1.807, 2.05) is 0 Å². The maximum absolute atomic E-state index is 13.3. The molecule has 0 aromatic heterocycles. The number of alkyl halides is 3. The number of hydrogen-bond donors (Lipinski definition) is 3. The topological polar surface area (TPSA) is 122 Å². The summed E-state index contributed by atoms with van der Waals surface area (Å²) in [6, 6.07) is 9.96. The van der Waals surface area contributed by atoms with Crippen LogP contribution in [-0.4, -0.2) is 50.8 Å². The number of sulfonamides is 1. The largest absolute Gasteiger partial charge is 0.490 e. The van der Waals surface area contributed by atoms with E-state index < -0.39 is 33.4 Å². The first-order valence-corrected chi connectivity index (χ1v) is 12.9. The quantitative estimate of drug-likeness (QED) is 0.431. The number of rotatable bonds is 7. The average molecular weight is 567 g/mol. The predicted molar refractivity (Wildman–Crippen MR) is 125 cm³/mol. The summed E-state index contributed by atoms with van der Waals surface area (Å²) in [4.78, 5) is 21.5. The summed E-state index contributed by atoms with van der Waals surface area (Å²) in [5, 5.41) is 9.85. The van der Waals surface area contributed by atoms with Crippen molar-refractivity contribution in [2.75, 3.05) is 17.9 Å². The predicted octanol–water partition coefficient (Wildman–Crippen LogP) is 4.24. The van der Waals surface area contributed by atoms with Gasteiger partial charge in [0.2, 0.25) is 5.91 Å². The van der Waals surface area contributed by atoms with Crippen LogP contribution in [0.3, 0.4) is 0 Å². The highest BCUT2D eigenvalue weighted by Gasteiger charge is 2.51. The van der Waals surface area contributed by atoms with Gasteiger partial charge in [0.25, 0.3) is 10.0 Å².